The fraction of sp³-hybridized carbons (Fsp3) is 0.167. The number of aromatic nitrogens is 4. The van der Waals surface area contributed by atoms with Gasteiger partial charge in [-0.2, -0.15) is 5.10 Å². The zero-order valence-corrected chi connectivity index (χ0v) is 13.8. The molecule has 1 amide bonds. The molecule has 1 N–H and O–H groups in total. The number of aryl methyl sites for hydroxylation is 2. The van der Waals surface area contributed by atoms with E-state index in [-0.39, 0.29) is 17.5 Å². The van der Waals surface area contributed by atoms with Crippen LogP contribution < -0.4 is 5.32 Å². The predicted molar refractivity (Wildman–Crippen MR) is 83.5 cm³/mol. The van der Waals surface area contributed by atoms with Gasteiger partial charge < -0.3 is 4.42 Å². The number of nitrogens with zero attached hydrogens (tertiary/aromatic N) is 4. The largest absolute Gasteiger partial charge is 0.401 e. The number of thiophene rings is 1. The predicted octanol–water partition coefficient (Wildman–Crippen LogP) is 3.40. The second-order valence-electron chi connectivity index (χ2n) is 4.40. The first-order valence-electron chi connectivity index (χ1n) is 6.04. The third kappa shape index (κ3) is 2.85. The third-order valence-corrected chi connectivity index (χ3v) is 4.26. The summed E-state index contributed by atoms with van der Waals surface area (Å²) in [6.07, 6.45) is 0. The van der Waals surface area contributed by atoms with Crippen LogP contribution in [0.25, 0.3) is 11.6 Å². The van der Waals surface area contributed by atoms with Gasteiger partial charge in [-0.05, 0) is 19.1 Å². The van der Waals surface area contributed by atoms with Gasteiger partial charge in [-0.25, -0.2) is 0 Å². The summed E-state index contributed by atoms with van der Waals surface area (Å²) in [4.78, 5) is 12.1. The molecule has 3 heterocycles. The van der Waals surface area contributed by atoms with Crippen LogP contribution in [0.3, 0.4) is 0 Å². The van der Waals surface area contributed by atoms with Gasteiger partial charge in [0.05, 0.1) is 15.6 Å². The maximum atomic E-state index is 12.1. The number of hydrogen-bond acceptors (Lipinski definition) is 6. The lowest BCUT2D eigenvalue weighted by molar-refractivity contribution is 0.102. The molecule has 0 bridgehead atoms. The molecule has 3 aromatic rings. The number of anilines is 1. The van der Waals surface area contributed by atoms with Crippen molar-refractivity contribution < 1.29 is 9.21 Å². The molecule has 3 rings (SSSR count). The molecule has 0 atom stereocenters. The van der Waals surface area contributed by atoms with Crippen LogP contribution in [0.15, 0.2) is 16.5 Å². The highest BCUT2D eigenvalue weighted by Gasteiger charge is 2.18. The summed E-state index contributed by atoms with van der Waals surface area (Å²) in [6.45, 7) is 1.85. The summed E-state index contributed by atoms with van der Waals surface area (Å²) >= 11 is 12.8. The topological polar surface area (TPSA) is 85.8 Å². The minimum atomic E-state index is -0.468. The molecule has 114 valence electrons. The maximum absolute atomic E-state index is 12.1. The van der Waals surface area contributed by atoms with Gasteiger partial charge in [0.1, 0.15) is 10.0 Å². The Morgan fingerprint density at radius 1 is 1.36 bits per heavy atom. The first kappa shape index (κ1) is 15.0. The highest BCUT2D eigenvalue weighted by atomic mass is 35.5. The van der Waals surface area contributed by atoms with Gasteiger partial charge in [0.2, 0.25) is 0 Å². The first-order valence-corrected chi connectivity index (χ1v) is 7.62. The van der Waals surface area contributed by atoms with Crippen LogP contribution in [0, 0.1) is 6.92 Å². The molecule has 0 unspecified atom stereocenters. The Hall–Kier alpha value is -1.90. The molecule has 10 heteroatoms. The molecular weight excluding hydrogens is 349 g/mol. The van der Waals surface area contributed by atoms with Crippen LogP contribution >= 0.6 is 34.5 Å². The second-order valence-corrected chi connectivity index (χ2v) is 6.68. The summed E-state index contributed by atoms with van der Waals surface area (Å²) in [6, 6.07) is 3.25. The van der Waals surface area contributed by atoms with Crippen LogP contribution in [0.4, 0.5) is 6.01 Å². The van der Waals surface area contributed by atoms with Crippen molar-refractivity contribution in [2.75, 3.05) is 5.32 Å². The van der Waals surface area contributed by atoms with Crippen molar-refractivity contribution in [3.63, 3.8) is 0 Å². The van der Waals surface area contributed by atoms with Gasteiger partial charge in [-0.3, -0.25) is 14.8 Å². The number of carbonyl (C=O) groups is 1. The number of hydrogen-bond donors (Lipinski definition) is 1. The minimum absolute atomic E-state index is 0.0303. The zero-order chi connectivity index (χ0) is 15.9. The van der Waals surface area contributed by atoms with E-state index >= 15 is 0 Å². The molecule has 0 aliphatic heterocycles. The summed E-state index contributed by atoms with van der Waals surface area (Å²) < 4.78 is 7.75. The van der Waals surface area contributed by atoms with Gasteiger partial charge in [0.15, 0.2) is 0 Å². The summed E-state index contributed by atoms with van der Waals surface area (Å²) in [5, 5.41) is 14.3. The summed E-state index contributed by atoms with van der Waals surface area (Å²) in [5.74, 6) is -0.211. The quantitative estimate of drug-likeness (QED) is 0.776. The maximum Gasteiger partial charge on any atom is 0.322 e. The Balaban J connectivity index is 1.81. The standard InChI is InChI=1S/C12H9Cl2N5O2S/c1-5-3-7(19(2)18-5)11-16-17-12(21-11)15-10(20)6-4-8(13)22-9(6)14/h3-4H,1-2H3,(H,15,17,20). The number of carbonyl (C=O) groups excluding carboxylic acids is 1. The van der Waals surface area contributed by atoms with Gasteiger partial charge in [0.25, 0.3) is 11.8 Å². The van der Waals surface area contributed by atoms with Crippen LogP contribution in [0.5, 0.6) is 0 Å². The van der Waals surface area contributed by atoms with Crippen molar-refractivity contribution in [3.8, 4) is 11.6 Å². The van der Waals surface area contributed by atoms with Crippen molar-refractivity contribution in [1.82, 2.24) is 20.0 Å². The van der Waals surface area contributed by atoms with E-state index in [0.29, 0.717) is 14.4 Å². The van der Waals surface area contributed by atoms with E-state index in [9.17, 15) is 4.79 Å². The molecule has 0 fully saturated rings. The van der Waals surface area contributed by atoms with E-state index in [1.54, 1.807) is 17.8 Å². The van der Waals surface area contributed by atoms with E-state index < -0.39 is 5.91 Å². The zero-order valence-electron chi connectivity index (χ0n) is 11.4. The van der Waals surface area contributed by atoms with Crippen molar-refractivity contribution in [3.05, 3.63) is 32.1 Å². The Bertz CT molecular complexity index is 854. The normalized spacial score (nSPS) is 10.9. The SMILES string of the molecule is Cc1cc(-c2nnc(NC(=O)c3cc(Cl)sc3Cl)o2)n(C)n1. The van der Waals surface area contributed by atoms with E-state index in [1.807, 2.05) is 6.92 Å². The molecule has 0 radical (unpaired) electrons. The van der Waals surface area contributed by atoms with E-state index in [1.165, 1.54) is 6.07 Å². The average molecular weight is 358 g/mol. The smallest absolute Gasteiger partial charge is 0.322 e. The fourth-order valence-corrected chi connectivity index (χ4v) is 3.31. The first-order chi connectivity index (χ1) is 10.4. The van der Waals surface area contributed by atoms with E-state index in [2.05, 4.69) is 20.6 Å². The van der Waals surface area contributed by atoms with Gasteiger partial charge in [-0.1, -0.05) is 28.3 Å². The third-order valence-electron chi connectivity index (χ3n) is 2.77. The average Bonchev–Trinajstić information content (AvgIpc) is 3.10. The number of rotatable bonds is 3. The lowest BCUT2D eigenvalue weighted by Gasteiger charge is -1.98. The second kappa shape index (κ2) is 5.71. The lowest BCUT2D eigenvalue weighted by atomic mass is 10.3. The molecule has 0 aliphatic carbocycles. The van der Waals surface area contributed by atoms with Gasteiger partial charge in [0, 0.05) is 7.05 Å². The van der Waals surface area contributed by atoms with Crippen molar-refractivity contribution >= 4 is 46.5 Å². The number of halogens is 2. The van der Waals surface area contributed by atoms with Gasteiger partial charge >= 0.3 is 6.01 Å². The highest BCUT2D eigenvalue weighted by Crippen LogP contribution is 2.31. The molecule has 0 spiro atoms. The molecule has 0 aromatic carbocycles. The number of nitrogens with one attached hydrogen (secondary N) is 1. The molecule has 7 nitrogen and oxygen atoms in total. The van der Waals surface area contributed by atoms with Crippen molar-refractivity contribution in [1.29, 1.82) is 0 Å². The molecule has 0 aliphatic rings. The molecular formula is C12H9Cl2N5O2S. The Morgan fingerprint density at radius 3 is 2.73 bits per heavy atom. The highest BCUT2D eigenvalue weighted by molar-refractivity contribution is 7.20. The van der Waals surface area contributed by atoms with Crippen LogP contribution in [0.2, 0.25) is 8.67 Å². The Labute approximate surface area is 138 Å². The molecule has 22 heavy (non-hydrogen) atoms. The summed E-state index contributed by atoms with van der Waals surface area (Å²) in [7, 11) is 1.76. The van der Waals surface area contributed by atoms with Crippen molar-refractivity contribution in [2.45, 2.75) is 6.92 Å². The minimum Gasteiger partial charge on any atom is -0.401 e. The lowest BCUT2D eigenvalue weighted by Crippen LogP contribution is -2.11. The molecule has 0 saturated carbocycles. The van der Waals surface area contributed by atoms with Crippen molar-refractivity contribution in [2.24, 2.45) is 7.05 Å². The molecule has 0 saturated heterocycles. The van der Waals surface area contributed by atoms with Crippen LogP contribution in [-0.2, 0) is 7.05 Å². The van der Waals surface area contributed by atoms with E-state index in [0.717, 1.165) is 17.0 Å². The van der Waals surface area contributed by atoms with Crippen LogP contribution in [-0.4, -0.2) is 25.9 Å². The van der Waals surface area contributed by atoms with Crippen LogP contribution in [0.1, 0.15) is 16.1 Å². The molecule has 3 aromatic heterocycles. The number of amides is 1. The summed E-state index contributed by atoms with van der Waals surface area (Å²) in [5.41, 5.74) is 1.73. The fourth-order valence-electron chi connectivity index (χ4n) is 1.85. The monoisotopic (exact) mass is 357 g/mol. The van der Waals surface area contributed by atoms with Gasteiger partial charge in [-0.15, -0.1) is 16.4 Å². The Morgan fingerprint density at radius 2 is 2.14 bits per heavy atom. The van der Waals surface area contributed by atoms with E-state index in [4.69, 9.17) is 27.6 Å². The Kier molecular flexibility index (Phi) is 3.90.